The number of aliphatic carboxylic acids is 1. The minimum Gasteiger partial charge on any atom is -0.481 e. The summed E-state index contributed by atoms with van der Waals surface area (Å²) in [6, 6.07) is 0. The number of ether oxygens (including phenoxy) is 1. The summed E-state index contributed by atoms with van der Waals surface area (Å²) in [7, 11) is 0. The van der Waals surface area contributed by atoms with Crippen molar-refractivity contribution in [3.05, 3.63) is 12.2 Å². The number of esters is 1. The highest BCUT2D eigenvalue weighted by molar-refractivity contribution is 5.69. The Labute approximate surface area is 314 Å². The van der Waals surface area contributed by atoms with Crippen LogP contribution in [0.3, 0.4) is 0 Å². The maximum atomic E-state index is 12.6. The van der Waals surface area contributed by atoms with Crippen molar-refractivity contribution in [2.75, 3.05) is 0 Å². The maximum Gasteiger partial charge on any atom is 0.306 e. The molecular weight excluding hydrogens is 617 g/mol. The number of carbonyl (C=O) groups is 2. The van der Waals surface area contributed by atoms with E-state index < -0.39 is 5.97 Å². The summed E-state index contributed by atoms with van der Waals surface area (Å²) in [6.45, 7) is 8.99. The van der Waals surface area contributed by atoms with Gasteiger partial charge in [0, 0.05) is 12.8 Å². The molecule has 0 fully saturated rings. The van der Waals surface area contributed by atoms with E-state index in [1.807, 2.05) is 0 Å². The van der Waals surface area contributed by atoms with Gasteiger partial charge in [0.15, 0.2) is 0 Å². The second-order valence-electron chi connectivity index (χ2n) is 15.2. The van der Waals surface area contributed by atoms with Gasteiger partial charge in [-0.3, -0.25) is 9.59 Å². The zero-order valence-electron chi connectivity index (χ0n) is 34.6. The van der Waals surface area contributed by atoms with Gasteiger partial charge in [0.2, 0.25) is 0 Å². The second-order valence-corrected chi connectivity index (χ2v) is 15.2. The zero-order chi connectivity index (χ0) is 37.0. The molecule has 0 aromatic rings. The third-order valence-electron chi connectivity index (χ3n) is 9.94. The number of hydrogen-bond acceptors (Lipinski definition) is 3. The van der Waals surface area contributed by atoms with Gasteiger partial charge in [-0.15, -0.1) is 0 Å². The lowest BCUT2D eigenvalue weighted by Crippen LogP contribution is -2.18. The van der Waals surface area contributed by atoms with Crippen molar-refractivity contribution in [3.63, 3.8) is 0 Å². The lowest BCUT2D eigenvalue weighted by atomic mass is 10.0. The van der Waals surface area contributed by atoms with Crippen LogP contribution in [0.5, 0.6) is 0 Å². The molecule has 0 spiro atoms. The topological polar surface area (TPSA) is 63.6 Å². The van der Waals surface area contributed by atoms with Crippen LogP contribution in [-0.4, -0.2) is 23.1 Å². The molecule has 0 radical (unpaired) electrons. The van der Waals surface area contributed by atoms with E-state index in [-0.39, 0.29) is 12.1 Å². The zero-order valence-corrected chi connectivity index (χ0v) is 34.6. The minimum atomic E-state index is -0.670. The molecule has 4 nitrogen and oxygen atoms in total. The van der Waals surface area contributed by atoms with Crippen molar-refractivity contribution in [1.29, 1.82) is 0 Å². The molecule has 0 amide bonds. The molecule has 0 saturated carbocycles. The molecule has 0 bridgehead atoms. The SMILES string of the molecule is CCCCCCCC(=O)O.CCCCCCCC/C=C\CCCCCCCC(=O)OC(CCCCCCCC)CCCCCCCCCCC. The maximum absolute atomic E-state index is 12.6. The molecule has 1 atom stereocenters. The van der Waals surface area contributed by atoms with Crippen LogP contribution in [-0.2, 0) is 14.3 Å². The van der Waals surface area contributed by atoms with Gasteiger partial charge in [-0.2, -0.15) is 0 Å². The summed E-state index contributed by atoms with van der Waals surface area (Å²) in [4.78, 5) is 22.6. The van der Waals surface area contributed by atoms with Gasteiger partial charge in [0.1, 0.15) is 6.10 Å². The summed E-state index contributed by atoms with van der Waals surface area (Å²) in [5, 5.41) is 8.27. The molecule has 4 heteroatoms. The number of allylic oxidation sites excluding steroid dienone is 2. The smallest absolute Gasteiger partial charge is 0.306 e. The fraction of sp³-hybridized carbons (Fsp3) is 0.913. The highest BCUT2D eigenvalue weighted by Gasteiger charge is 2.14. The van der Waals surface area contributed by atoms with Gasteiger partial charge in [-0.05, 0) is 64.2 Å². The number of hydrogen-bond donors (Lipinski definition) is 1. The normalized spacial score (nSPS) is 11.8. The van der Waals surface area contributed by atoms with Gasteiger partial charge >= 0.3 is 11.9 Å². The first-order valence-corrected chi connectivity index (χ1v) is 22.6. The van der Waals surface area contributed by atoms with Crippen LogP contribution in [0.4, 0.5) is 0 Å². The van der Waals surface area contributed by atoms with E-state index in [1.165, 1.54) is 186 Å². The van der Waals surface area contributed by atoms with Crippen molar-refractivity contribution in [3.8, 4) is 0 Å². The average Bonchev–Trinajstić information content (AvgIpc) is 3.10. The molecule has 0 aromatic carbocycles. The predicted molar refractivity (Wildman–Crippen MR) is 220 cm³/mol. The molecule has 0 heterocycles. The Morgan fingerprint density at radius 2 is 0.720 bits per heavy atom. The second kappa shape index (κ2) is 45.7. The van der Waals surface area contributed by atoms with E-state index >= 15 is 0 Å². The molecule has 0 aliphatic heterocycles. The number of carboxylic acids is 1. The average molecular weight is 707 g/mol. The van der Waals surface area contributed by atoms with E-state index in [0.717, 1.165) is 38.5 Å². The van der Waals surface area contributed by atoms with Crippen molar-refractivity contribution >= 4 is 11.9 Å². The highest BCUT2D eigenvalue weighted by atomic mass is 16.5. The molecule has 298 valence electrons. The Morgan fingerprint density at radius 1 is 0.420 bits per heavy atom. The highest BCUT2D eigenvalue weighted by Crippen LogP contribution is 2.19. The molecule has 0 aromatic heterocycles. The van der Waals surface area contributed by atoms with Gasteiger partial charge in [-0.1, -0.05) is 200 Å². The van der Waals surface area contributed by atoms with Crippen LogP contribution in [0.1, 0.15) is 265 Å². The van der Waals surface area contributed by atoms with Crippen molar-refractivity contribution in [2.45, 2.75) is 271 Å². The molecule has 0 saturated heterocycles. The predicted octanol–water partition coefficient (Wildman–Crippen LogP) is 16.0. The molecule has 1 N–H and O–H groups in total. The van der Waals surface area contributed by atoms with Gasteiger partial charge < -0.3 is 9.84 Å². The van der Waals surface area contributed by atoms with E-state index in [9.17, 15) is 9.59 Å². The van der Waals surface area contributed by atoms with E-state index in [4.69, 9.17) is 9.84 Å². The van der Waals surface area contributed by atoms with E-state index in [1.54, 1.807) is 0 Å². The summed E-state index contributed by atoms with van der Waals surface area (Å²) in [6.07, 6.45) is 50.4. The van der Waals surface area contributed by atoms with Crippen LogP contribution >= 0.6 is 0 Å². The van der Waals surface area contributed by atoms with Gasteiger partial charge in [0.25, 0.3) is 0 Å². The summed E-state index contributed by atoms with van der Waals surface area (Å²) in [5.74, 6) is -0.610. The largest absolute Gasteiger partial charge is 0.481 e. The van der Waals surface area contributed by atoms with Crippen LogP contribution in [0.15, 0.2) is 12.2 Å². The van der Waals surface area contributed by atoms with Crippen molar-refractivity contribution < 1.29 is 19.4 Å². The third kappa shape index (κ3) is 46.7. The standard InChI is InChI=1S/C38H74O2.C8H16O2/c1-4-7-10-13-16-18-19-20-21-22-23-25-27-30-33-36-38(39)40-37(34-31-28-15-12-9-6-3)35-32-29-26-24-17-14-11-8-5-2;1-2-3-4-5-6-7-8(9)10/h20-21,37H,4-19,22-36H2,1-3H3;2-7H2,1H3,(H,9,10)/b21-20-;. The Balaban J connectivity index is 0. The summed E-state index contributed by atoms with van der Waals surface area (Å²) in [5.41, 5.74) is 0. The van der Waals surface area contributed by atoms with Gasteiger partial charge in [0.05, 0.1) is 0 Å². The number of carbonyl (C=O) groups excluding carboxylic acids is 1. The van der Waals surface area contributed by atoms with Crippen LogP contribution in [0, 0.1) is 0 Å². The lowest BCUT2D eigenvalue weighted by Gasteiger charge is -2.18. The van der Waals surface area contributed by atoms with Crippen LogP contribution in [0.2, 0.25) is 0 Å². The molecule has 0 aliphatic rings. The first-order chi connectivity index (χ1) is 24.5. The Kier molecular flexibility index (Phi) is 46.4. The summed E-state index contributed by atoms with van der Waals surface area (Å²) < 4.78 is 6.02. The molecule has 1 unspecified atom stereocenters. The Bertz CT molecular complexity index is 688. The number of unbranched alkanes of at least 4 members (excludes halogenated alkanes) is 28. The van der Waals surface area contributed by atoms with Gasteiger partial charge in [-0.25, -0.2) is 0 Å². The fourth-order valence-electron chi connectivity index (χ4n) is 6.56. The van der Waals surface area contributed by atoms with E-state index in [0.29, 0.717) is 12.8 Å². The third-order valence-corrected chi connectivity index (χ3v) is 9.94. The van der Waals surface area contributed by atoms with Crippen molar-refractivity contribution in [2.24, 2.45) is 0 Å². The number of carboxylic acid groups (broad SMARTS) is 1. The summed E-state index contributed by atoms with van der Waals surface area (Å²) >= 11 is 0. The Hall–Kier alpha value is -1.32. The Morgan fingerprint density at radius 3 is 1.08 bits per heavy atom. The first-order valence-electron chi connectivity index (χ1n) is 22.6. The van der Waals surface area contributed by atoms with Crippen molar-refractivity contribution in [1.82, 2.24) is 0 Å². The molecule has 0 aliphatic carbocycles. The van der Waals surface area contributed by atoms with Crippen LogP contribution < -0.4 is 0 Å². The monoisotopic (exact) mass is 707 g/mol. The van der Waals surface area contributed by atoms with Crippen LogP contribution in [0.25, 0.3) is 0 Å². The fourth-order valence-corrected chi connectivity index (χ4v) is 6.56. The lowest BCUT2D eigenvalue weighted by molar-refractivity contribution is -0.150. The quantitative estimate of drug-likeness (QED) is 0.0393. The van der Waals surface area contributed by atoms with E-state index in [2.05, 4.69) is 39.8 Å². The molecular formula is C46H90O4. The minimum absolute atomic E-state index is 0.0598. The molecule has 0 rings (SSSR count). The number of rotatable bonds is 39. The first kappa shape index (κ1) is 50.8. The molecule has 50 heavy (non-hydrogen) atoms.